The van der Waals surface area contributed by atoms with Gasteiger partial charge in [-0.05, 0) is 86.3 Å². The minimum atomic E-state index is 0.546. The van der Waals surface area contributed by atoms with E-state index in [1.165, 1.54) is 0 Å². The Morgan fingerprint density at radius 3 is 1.37 bits per heavy atom. The Morgan fingerprint density at radius 2 is 0.935 bits per heavy atom. The van der Waals surface area contributed by atoms with Crippen molar-refractivity contribution in [3.05, 3.63) is 132 Å². The molecule has 6 heteroatoms. The van der Waals surface area contributed by atoms with E-state index in [-0.39, 0.29) is 0 Å². The molecule has 0 saturated heterocycles. The summed E-state index contributed by atoms with van der Waals surface area (Å²) in [6.45, 7) is 7.02. The van der Waals surface area contributed by atoms with Gasteiger partial charge in [-0.3, -0.25) is 9.97 Å². The number of unbranched alkanes of at least 4 members (excludes halogenated alkanes) is 3. The Bertz CT molecular complexity index is 1740. The minimum absolute atomic E-state index is 0.546. The molecule has 6 rings (SSSR count). The number of rotatable bonds is 15. The maximum absolute atomic E-state index is 6.09. The third kappa shape index (κ3) is 8.33. The summed E-state index contributed by atoms with van der Waals surface area (Å²) >= 11 is 0. The van der Waals surface area contributed by atoms with E-state index < -0.39 is 0 Å². The Kier molecular flexibility index (Phi) is 10.3. The molecular weight excluding hydrogens is 568 g/mol. The second-order valence-corrected chi connectivity index (χ2v) is 11.8. The van der Waals surface area contributed by atoms with Crippen molar-refractivity contribution >= 4 is 33.2 Å². The predicted molar refractivity (Wildman–Crippen MR) is 190 cm³/mol. The van der Waals surface area contributed by atoms with E-state index in [0.29, 0.717) is 13.2 Å². The number of pyridine rings is 2. The minimum Gasteiger partial charge on any atom is -0.489 e. The van der Waals surface area contributed by atoms with E-state index in [4.69, 9.17) is 19.4 Å². The molecule has 0 aliphatic heterocycles. The van der Waals surface area contributed by atoms with Gasteiger partial charge in [-0.15, -0.1) is 0 Å². The molecule has 0 unspecified atom stereocenters. The quantitative estimate of drug-likeness (QED) is 0.113. The van der Waals surface area contributed by atoms with Crippen LogP contribution in [0.1, 0.15) is 48.2 Å². The number of fused-ring (bicyclic) bond motifs is 2. The lowest BCUT2D eigenvalue weighted by Crippen LogP contribution is -2.05. The van der Waals surface area contributed by atoms with Crippen molar-refractivity contribution in [3.8, 4) is 11.5 Å². The molecule has 0 bridgehead atoms. The highest BCUT2D eigenvalue weighted by atomic mass is 16.5. The van der Waals surface area contributed by atoms with Crippen molar-refractivity contribution in [2.75, 3.05) is 23.7 Å². The van der Waals surface area contributed by atoms with Gasteiger partial charge in [0.25, 0.3) is 0 Å². The molecule has 0 radical (unpaired) electrons. The summed E-state index contributed by atoms with van der Waals surface area (Å²) in [6.07, 6.45) is 4.53. The monoisotopic (exact) mass is 610 g/mol. The van der Waals surface area contributed by atoms with Crippen molar-refractivity contribution in [3.63, 3.8) is 0 Å². The van der Waals surface area contributed by atoms with Crippen LogP contribution in [0.2, 0.25) is 0 Å². The maximum atomic E-state index is 6.09. The Hall–Kier alpha value is -5.10. The Balaban J connectivity index is 0.972. The van der Waals surface area contributed by atoms with Gasteiger partial charge >= 0.3 is 0 Å². The normalized spacial score (nSPS) is 11.1. The van der Waals surface area contributed by atoms with Crippen molar-refractivity contribution in [2.24, 2.45) is 0 Å². The molecule has 0 atom stereocenters. The summed E-state index contributed by atoms with van der Waals surface area (Å²) in [6, 6.07) is 37.1. The summed E-state index contributed by atoms with van der Waals surface area (Å²) in [5.41, 5.74) is 8.51. The van der Waals surface area contributed by atoms with Gasteiger partial charge in [-0.25, -0.2) is 0 Å². The van der Waals surface area contributed by atoms with Gasteiger partial charge < -0.3 is 20.1 Å². The molecule has 0 saturated carbocycles. The first-order valence-electron chi connectivity index (χ1n) is 16.2. The fourth-order valence-electron chi connectivity index (χ4n) is 5.68. The number of nitrogens with one attached hydrogen (secondary N) is 2. The Labute approximate surface area is 271 Å². The first-order chi connectivity index (χ1) is 22.6. The SMILES string of the molecule is Cc1cc(NCCCCCCNc2cc(C)nc3ccc(OCc4ccccc4)cc23)c2cc(OCc3ccccc3)ccc2n1. The van der Waals surface area contributed by atoms with E-state index in [0.717, 1.165) is 106 Å². The average molecular weight is 611 g/mol. The lowest BCUT2D eigenvalue weighted by molar-refractivity contribution is 0.306. The molecular formula is C40H42N4O2. The standard InChI is InChI=1S/C40H42N4O2/c1-29-23-39(35-25-33(17-19-37(35)43-29)45-27-31-13-7-5-8-14-31)41-21-11-3-4-12-22-42-40-24-30(2)44-38-20-18-34(26-36(38)40)46-28-32-15-9-6-10-16-32/h5-10,13-20,23-26H,3-4,11-12,21-22,27-28H2,1-2H3,(H,41,43)(H,42,44). The lowest BCUT2D eigenvalue weighted by Gasteiger charge is -2.14. The van der Waals surface area contributed by atoms with E-state index in [2.05, 4.69) is 59.2 Å². The second kappa shape index (κ2) is 15.3. The molecule has 0 amide bonds. The number of benzene rings is 4. The molecule has 0 aliphatic rings. The fraction of sp³-hybridized carbons (Fsp3) is 0.250. The van der Waals surface area contributed by atoms with Gasteiger partial charge in [0.1, 0.15) is 24.7 Å². The van der Waals surface area contributed by atoms with Gasteiger partial charge in [0.15, 0.2) is 0 Å². The highest BCUT2D eigenvalue weighted by Crippen LogP contribution is 2.29. The van der Waals surface area contributed by atoms with Crippen LogP contribution in [0.15, 0.2) is 109 Å². The molecule has 2 N–H and O–H groups in total. The first kappa shape index (κ1) is 30.9. The predicted octanol–water partition coefficient (Wildman–Crippen LogP) is 9.64. The van der Waals surface area contributed by atoms with Crippen molar-refractivity contribution in [1.82, 2.24) is 9.97 Å². The van der Waals surface area contributed by atoms with Crippen LogP contribution in [0.4, 0.5) is 11.4 Å². The number of ether oxygens (including phenoxy) is 2. The number of aryl methyl sites for hydroxylation is 2. The zero-order valence-electron chi connectivity index (χ0n) is 26.8. The second-order valence-electron chi connectivity index (χ2n) is 11.8. The molecule has 234 valence electrons. The zero-order valence-corrected chi connectivity index (χ0v) is 26.8. The summed E-state index contributed by atoms with van der Waals surface area (Å²) < 4.78 is 12.2. The van der Waals surface area contributed by atoms with Crippen LogP contribution in [0.5, 0.6) is 11.5 Å². The van der Waals surface area contributed by atoms with Crippen LogP contribution in [0, 0.1) is 13.8 Å². The van der Waals surface area contributed by atoms with E-state index in [1.54, 1.807) is 0 Å². The number of hydrogen-bond donors (Lipinski definition) is 2. The average Bonchev–Trinajstić information content (AvgIpc) is 3.08. The number of anilines is 2. The lowest BCUT2D eigenvalue weighted by atomic mass is 10.1. The molecule has 6 nitrogen and oxygen atoms in total. The van der Waals surface area contributed by atoms with E-state index in [9.17, 15) is 0 Å². The molecule has 2 heterocycles. The first-order valence-corrected chi connectivity index (χ1v) is 16.2. The third-order valence-corrected chi connectivity index (χ3v) is 8.05. The highest BCUT2D eigenvalue weighted by Gasteiger charge is 2.08. The summed E-state index contributed by atoms with van der Waals surface area (Å²) in [5.74, 6) is 1.70. The number of aromatic nitrogens is 2. The summed E-state index contributed by atoms with van der Waals surface area (Å²) in [4.78, 5) is 9.47. The zero-order chi connectivity index (χ0) is 31.6. The summed E-state index contributed by atoms with van der Waals surface area (Å²) in [7, 11) is 0. The topological polar surface area (TPSA) is 68.3 Å². The molecule has 2 aromatic heterocycles. The van der Waals surface area contributed by atoms with Crippen molar-refractivity contribution in [1.29, 1.82) is 0 Å². The maximum Gasteiger partial charge on any atom is 0.120 e. The molecule has 0 aliphatic carbocycles. The van der Waals surface area contributed by atoms with Gasteiger partial charge in [0, 0.05) is 46.6 Å². The van der Waals surface area contributed by atoms with Gasteiger partial charge in [0.05, 0.1) is 11.0 Å². The van der Waals surface area contributed by atoms with Crippen LogP contribution >= 0.6 is 0 Å². The van der Waals surface area contributed by atoms with E-state index >= 15 is 0 Å². The van der Waals surface area contributed by atoms with Crippen LogP contribution in [0.25, 0.3) is 21.8 Å². The fourth-order valence-corrected chi connectivity index (χ4v) is 5.68. The van der Waals surface area contributed by atoms with Crippen molar-refractivity contribution < 1.29 is 9.47 Å². The van der Waals surface area contributed by atoms with E-state index in [1.807, 2.05) is 74.5 Å². The molecule has 4 aromatic carbocycles. The Morgan fingerprint density at radius 1 is 0.500 bits per heavy atom. The summed E-state index contributed by atoms with van der Waals surface area (Å²) in [5, 5.41) is 9.52. The van der Waals surface area contributed by atoms with Gasteiger partial charge in [-0.2, -0.15) is 0 Å². The third-order valence-electron chi connectivity index (χ3n) is 8.05. The molecule has 6 aromatic rings. The van der Waals surface area contributed by atoms with Gasteiger partial charge in [-0.1, -0.05) is 73.5 Å². The largest absolute Gasteiger partial charge is 0.489 e. The molecule has 0 spiro atoms. The van der Waals surface area contributed by atoms with Crippen molar-refractivity contribution in [2.45, 2.75) is 52.7 Å². The molecule has 46 heavy (non-hydrogen) atoms. The number of hydrogen-bond acceptors (Lipinski definition) is 6. The van der Waals surface area contributed by atoms with Crippen LogP contribution in [-0.2, 0) is 13.2 Å². The van der Waals surface area contributed by atoms with Gasteiger partial charge in [0.2, 0.25) is 0 Å². The highest BCUT2D eigenvalue weighted by molar-refractivity contribution is 5.93. The smallest absolute Gasteiger partial charge is 0.120 e. The number of nitrogens with zero attached hydrogens (tertiary/aromatic N) is 2. The molecule has 0 fully saturated rings. The van der Waals surface area contributed by atoms with Crippen LogP contribution < -0.4 is 20.1 Å². The van der Waals surface area contributed by atoms with Crippen LogP contribution in [-0.4, -0.2) is 23.1 Å². The van der Waals surface area contributed by atoms with Crippen LogP contribution in [0.3, 0.4) is 0 Å².